The molecule has 1 unspecified atom stereocenters. The standard InChI is InChI=1S/C18H17ClN4O/c1-23-16(24)18(22-17(23)20)7-3-5-12-10-21-15(9-14(12)18)11-4-2-6-13(19)8-11/h2,4,6,8-10H,3,5,7H2,1H3,(H2,20,22). The van der Waals surface area contributed by atoms with Gasteiger partial charge < -0.3 is 5.73 Å². The predicted octanol–water partition coefficient (Wildman–Crippen LogP) is 2.72. The second kappa shape index (κ2) is 5.31. The van der Waals surface area contributed by atoms with Gasteiger partial charge in [-0.05, 0) is 48.6 Å². The quantitative estimate of drug-likeness (QED) is 0.867. The molecule has 0 bridgehead atoms. The number of hydrogen-bond acceptors (Lipinski definition) is 4. The molecule has 2 aliphatic rings. The van der Waals surface area contributed by atoms with Gasteiger partial charge in [0.05, 0.1) is 5.69 Å². The number of aromatic nitrogens is 1. The largest absolute Gasteiger partial charge is 0.369 e. The molecule has 1 aromatic carbocycles. The van der Waals surface area contributed by atoms with Gasteiger partial charge in [-0.25, -0.2) is 4.99 Å². The SMILES string of the molecule is CN1C(=O)C2(CCCc3cnc(-c4cccc(Cl)c4)cc32)N=C1N. The number of guanidine groups is 1. The van der Waals surface area contributed by atoms with Gasteiger partial charge in [-0.3, -0.25) is 14.7 Å². The number of likely N-dealkylation sites (N-methyl/N-ethyl adjacent to an activating group) is 1. The molecule has 0 fully saturated rings. The Morgan fingerprint density at radius 1 is 1.33 bits per heavy atom. The molecule has 2 heterocycles. The fourth-order valence-corrected chi connectivity index (χ4v) is 3.77. The number of nitrogens with zero attached hydrogens (tertiary/aromatic N) is 3. The zero-order chi connectivity index (χ0) is 16.9. The van der Waals surface area contributed by atoms with Crippen molar-refractivity contribution in [2.45, 2.75) is 24.8 Å². The van der Waals surface area contributed by atoms with Crippen molar-refractivity contribution >= 4 is 23.5 Å². The van der Waals surface area contributed by atoms with Crippen molar-refractivity contribution in [3.63, 3.8) is 0 Å². The highest BCUT2D eigenvalue weighted by Crippen LogP contribution is 2.43. The third-order valence-corrected chi connectivity index (χ3v) is 5.08. The predicted molar refractivity (Wildman–Crippen MR) is 93.7 cm³/mol. The summed E-state index contributed by atoms with van der Waals surface area (Å²) in [6.07, 6.45) is 4.31. The van der Waals surface area contributed by atoms with Crippen LogP contribution < -0.4 is 5.73 Å². The van der Waals surface area contributed by atoms with Gasteiger partial charge in [0.1, 0.15) is 0 Å². The molecule has 1 amide bonds. The summed E-state index contributed by atoms with van der Waals surface area (Å²) in [7, 11) is 1.67. The minimum absolute atomic E-state index is 0.0656. The molecule has 122 valence electrons. The van der Waals surface area contributed by atoms with Crippen LogP contribution in [0, 0.1) is 0 Å². The number of pyridine rings is 1. The second-order valence-corrected chi connectivity index (χ2v) is 6.72. The Hall–Kier alpha value is -2.40. The van der Waals surface area contributed by atoms with Gasteiger partial charge in [0.15, 0.2) is 11.5 Å². The van der Waals surface area contributed by atoms with Gasteiger partial charge in [-0.2, -0.15) is 0 Å². The van der Waals surface area contributed by atoms with Crippen molar-refractivity contribution in [3.8, 4) is 11.3 Å². The Morgan fingerprint density at radius 3 is 2.88 bits per heavy atom. The van der Waals surface area contributed by atoms with E-state index in [4.69, 9.17) is 17.3 Å². The first-order valence-electron chi connectivity index (χ1n) is 7.90. The van der Waals surface area contributed by atoms with E-state index in [1.54, 1.807) is 7.05 Å². The normalized spacial score (nSPS) is 22.7. The van der Waals surface area contributed by atoms with Gasteiger partial charge in [-0.1, -0.05) is 23.7 Å². The number of carbonyl (C=O) groups is 1. The van der Waals surface area contributed by atoms with Crippen molar-refractivity contribution in [2.24, 2.45) is 10.7 Å². The van der Waals surface area contributed by atoms with Crippen LogP contribution in [0.1, 0.15) is 24.0 Å². The first-order chi connectivity index (χ1) is 11.5. The highest BCUT2D eigenvalue weighted by Gasteiger charge is 2.50. The summed E-state index contributed by atoms with van der Waals surface area (Å²) in [5.74, 6) is 0.207. The third kappa shape index (κ3) is 2.12. The topological polar surface area (TPSA) is 71.6 Å². The van der Waals surface area contributed by atoms with Gasteiger partial charge in [0.2, 0.25) is 0 Å². The highest BCUT2D eigenvalue weighted by atomic mass is 35.5. The van der Waals surface area contributed by atoms with E-state index in [-0.39, 0.29) is 11.9 Å². The Morgan fingerprint density at radius 2 is 2.17 bits per heavy atom. The fourth-order valence-electron chi connectivity index (χ4n) is 3.58. The summed E-state index contributed by atoms with van der Waals surface area (Å²) in [5.41, 5.74) is 8.70. The van der Waals surface area contributed by atoms with E-state index >= 15 is 0 Å². The number of hydrogen-bond donors (Lipinski definition) is 1. The second-order valence-electron chi connectivity index (χ2n) is 6.29. The summed E-state index contributed by atoms with van der Waals surface area (Å²) in [6, 6.07) is 9.50. The molecule has 0 radical (unpaired) electrons. The number of aliphatic imine (C=N–C) groups is 1. The van der Waals surface area contributed by atoms with E-state index in [0.29, 0.717) is 11.4 Å². The Kier molecular flexibility index (Phi) is 3.35. The summed E-state index contributed by atoms with van der Waals surface area (Å²) < 4.78 is 0. The highest BCUT2D eigenvalue weighted by molar-refractivity contribution is 6.30. The van der Waals surface area contributed by atoms with Crippen LogP contribution in [-0.4, -0.2) is 28.8 Å². The maximum Gasteiger partial charge on any atom is 0.261 e. The van der Waals surface area contributed by atoms with E-state index < -0.39 is 5.54 Å². The number of nitrogens with two attached hydrogens (primary N) is 1. The Bertz CT molecular complexity index is 879. The molecular weight excluding hydrogens is 324 g/mol. The molecule has 1 aliphatic carbocycles. The number of carbonyl (C=O) groups excluding carboxylic acids is 1. The molecular formula is C18H17ClN4O. The van der Waals surface area contributed by atoms with Crippen LogP contribution in [0.25, 0.3) is 11.3 Å². The molecule has 6 heteroatoms. The van der Waals surface area contributed by atoms with Crippen LogP contribution in [0.15, 0.2) is 41.5 Å². The van der Waals surface area contributed by atoms with Gasteiger partial charge in [-0.15, -0.1) is 0 Å². The molecule has 5 nitrogen and oxygen atoms in total. The lowest BCUT2D eigenvalue weighted by Gasteiger charge is -2.31. The first kappa shape index (κ1) is 15.1. The van der Waals surface area contributed by atoms with Crippen LogP contribution in [0.5, 0.6) is 0 Å². The van der Waals surface area contributed by atoms with Gasteiger partial charge >= 0.3 is 0 Å². The maximum absolute atomic E-state index is 12.8. The van der Waals surface area contributed by atoms with Crippen molar-refractivity contribution in [2.75, 3.05) is 7.05 Å². The van der Waals surface area contributed by atoms with Gasteiger partial charge in [0.25, 0.3) is 5.91 Å². The monoisotopic (exact) mass is 340 g/mol. The summed E-state index contributed by atoms with van der Waals surface area (Å²) in [4.78, 5) is 23.4. The number of halogens is 1. The number of benzene rings is 1. The summed E-state index contributed by atoms with van der Waals surface area (Å²) >= 11 is 6.09. The molecule has 2 N–H and O–H groups in total. The average Bonchev–Trinajstić information content (AvgIpc) is 2.80. The number of amides is 1. The molecule has 2 aromatic rings. The lowest BCUT2D eigenvalue weighted by molar-refractivity contribution is -0.131. The molecule has 1 atom stereocenters. The minimum Gasteiger partial charge on any atom is -0.369 e. The van der Waals surface area contributed by atoms with E-state index in [2.05, 4.69) is 9.98 Å². The van der Waals surface area contributed by atoms with Crippen LogP contribution in [0.3, 0.4) is 0 Å². The third-order valence-electron chi connectivity index (χ3n) is 4.84. The van der Waals surface area contributed by atoms with Crippen LogP contribution in [0.2, 0.25) is 5.02 Å². The van der Waals surface area contributed by atoms with Crippen molar-refractivity contribution in [1.29, 1.82) is 0 Å². The van der Waals surface area contributed by atoms with E-state index in [0.717, 1.165) is 35.2 Å². The first-order valence-corrected chi connectivity index (χ1v) is 8.28. The lowest BCUT2D eigenvalue weighted by atomic mass is 9.76. The zero-order valence-corrected chi connectivity index (χ0v) is 14.0. The molecule has 0 saturated heterocycles. The number of fused-ring (bicyclic) bond motifs is 2. The number of aryl methyl sites for hydroxylation is 1. The Labute approximate surface area is 145 Å². The van der Waals surface area contributed by atoms with Crippen LogP contribution >= 0.6 is 11.6 Å². The summed E-state index contributed by atoms with van der Waals surface area (Å²) in [6.45, 7) is 0. The van der Waals surface area contributed by atoms with Crippen LogP contribution in [-0.2, 0) is 16.8 Å². The molecule has 1 aromatic heterocycles. The molecule has 24 heavy (non-hydrogen) atoms. The zero-order valence-electron chi connectivity index (χ0n) is 13.3. The molecule has 4 rings (SSSR count). The van der Waals surface area contributed by atoms with Crippen molar-refractivity contribution < 1.29 is 4.79 Å². The minimum atomic E-state index is -0.900. The van der Waals surface area contributed by atoms with E-state index in [9.17, 15) is 4.79 Å². The van der Waals surface area contributed by atoms with Gasteiger partial charge in [0, 0.05) is 23.8 Å². The van der Waals surface area contributed by atoms with Crippen molar-refractivity contribution in [3.05, 3.63) is 52.7 Å². The van der Waals surface area contributed by atoms with E-state index in [1.807, 2.05) is 36.5 Å². The molecule has 1 spiro atoms. The van der Waals surface area contributed by atoms with Crippen molar-refractivity contribution in [1.82, 2.24) is 9.88 Å². The molecule has 1 aliphatic heterocycles. The summed E-state index contributed by atoms with van der Waals surface area (Å²) in [5, 5.41) is 0.653. The number of rotatable bonds is 1. The fraction of sp³-hybridized carbons (Fsp3) is 0.278. The maximum atomic E-state index is 12.8. The van der Waals surface area contributed by atoms with E-state index in [1.165, 1.54) is 4.90 Å². The van der Waals surface area contributed by atoms with Crippen LogP contribution in [0.4, 0.5) is 0 Å². The average molecular weight is 341 g/mol. The smallest absolute Gasteiger partial charge is 0.261 e. The molecule has 0 saturated carbocycles. The Balaban J connectivity index is 1.89. The lowest BCUT2D eigenvalue weighted by Crippen LogP contribution is -2.42.